The molecule has 0 saturated carbocycles. The van der Waals surface area contributed by atoms with E-state index in [2.05, 4.69) is 75.3 Å². The lowest BCUT2D eigenvalue weighted by Gasteiger charge is -2.26. The van der Waals surface area contributed by atoms with Crippen LogP contribution in [0.15, 0.2) is 82.6 Å². The van der Waals surface area contributed by atoms with Crippen molar-refractivity contribution in [3.8, 4) is 0 Å². The molecule has 0 fully saturated rings. The quantitative estimate of drug-likeness (QED) is 0.322. The second-order valence-electron chi connectivity index (χ2n) is 12.1. The highest BCUT2D eigenvalue weighted by atomic mass is 35.5. The lowest BCUT2D eigenvalue weighted by atomic mass is 9.80. The molecule has 2 aromatic rings. The Labute approximate surface area is 252 Å². The van der Waals surface area contributed by atoms with Gasteiger partial charge in [0.2, 0.25) is 5.69 Å². The van der Waals surface area contributed by atoms with E-state index in [9.17, 15) is 19.8 Å². The summed E-state index contributed by atoms with van der Waals surface area (Å²) < 4.78 is 2.25. The second kappa shape index (κ2) is 10.7. The van der Waals surface area contributed by atoms with Crippen LogP contribution in [0.4, 0.5) is 11.4 Å². The summed E-state index contributed by atoms with van der Waals surface area (Å²) in [5, 5.41) is 19.8. The predicted octanol–water partition coefficient (Wildman–Crippen LogP) is 7.95. The van der Waals surface area contributed by atoms with Crippen LogP contribution in [0.25, 0.3) is 0 Å². The van der Waals surface area contributed by atoms with Crippen molar-refractivity contribution in [1.29, 1.82) is 0 Å². The third-order valence-electron chi connectivity index (χ3n) is 9.02. The number of halogens is 1. The van der Waals surface area contributed by atoms with Crippen LogP contribution in [0.5, 0.6) is 0 Å². The van der Waals surface area contributed by atoms with E-state index >= 15 is 0 Å². The zero-order chi connectivity index (χ0) is 30.6. The Morgan fingerprint density at radius 1 is 0.905 bits per heavy atom. The minimum Gasteiger partial charge on any atom is -0.478 e. The molecule has 0 amide bonds. The average molecular weight is 586 g/mol. The van der Waals surface area contributed by atoms with E-state index in [1.54, 1.807) is 24.3 Å². The molecular weight excluding hydrogens is 548 g/mol. The maximum Gasteiger partial charge on any atom is 0.335 e. The number of fused-ring (bicyclic) bond motifs is 2. The van der Waals surface area contributed by atoms with E-state index in [1.807, 2.05) is 12.1 Å². The number of allylic oxidation sites excluding steroid dienone is 8. The zero-order valence-electron chi connectivity index (χ0n) is 25.1. The van der Waals surface area contributed by atoms with Crippen molar-refractivity contribution in [2.24, 2.45) is 0 Å². The van der Waals surface area contributed by atoms with E-state index in [1.165, 1.54) is 0 Å². The normalized spacial score (nSPS) is 20.8. The molecule has 1 aliphatic carbocycles. The zero-order valence-corrected chi connectivity index (χ0v) is 25.8. The molecule has 5 rings (SSSR count). The van der Waals surface area contributed by atoms with Crippen LogP contribution >= 0.6 is 11.6 Å². The third kappa shape index (κ3) is 4.72. The van der Waals surface area contributed by atoms with Gasteiger partial charge >= 0.3 is 11.9 Å². The molecule has 2 aromatic carbocycles. The van der Waals surface area contributed by atoms with Gasteiger partial charge in [0.15, 0.2) is 5.71 Å². The summed E-state index contributed by atoms with van der Waals surface area (Å²) in [6, 6.07) is 10.7. The van der Waals surface area contributed by atoms with Crippen molar-refractivity contribution in [3.05, 3.63) is 105 Å². The Kier molecular flexibility index (Phi) is 7.56. The number of carboxylic acid groups (broad SMARTS) is 2. The van der Waals surface area contributed by atoms with E-state index in [4.69, 9.17) is 11.6 Å². The highest BCUT2D eigenvalue weighted by Gasteiger charge is 2.44. The maximum atomic E-state index is 11.6. The van der Waals surface area contributed by atoms with Crippen LogP contribution in [0.1, 0.15) is 86.2 Å². The minimum absolute atomic E-state index is 0.297. The molecule has 2 aliphatic heterocycles. The van der Waals surface area contributed by atoms with Gasteiger partial charge in [0.05, 0.1) is 16.5 Å². The first-order valence-corrected chi connectivity index (χ1v) is 14.9. The molecule has 0 radical (unpaired) electrons. The number of likely N-dealkylation sites (N-methyl/N-ethyl adjacent to an activating group) is 1. The Balaban J connectivity index is 1.46. The van der Waals surface area contributed by atoms with Gasteiger partial charge in [-0.1, -0.05) is 37.6 Å². The van der Waals surface area contributed by atoms with Crippen molar-refractivity contribution in [2.45, 2.75) is 65.2 Å². The van der Waals surface area contributed by atoms with Gasteiger partial charge in [0.25, 0.3) is 0 Å². The molecule has 0 spiro atoms. The molecule has 0 unspecified atom stereocenters. The van der Waals surface area contributed by atoms with Crippen LogP contribution in [-0.2, 0) is 10.8 Å². The number of benzene rings is 2. The maximum absolute atomic E-state index is 11.6. The topological polar surface area (TPSA) is 80.8 Å². The SMILES string of the molecule is CCN1/C(=C\C=C2\CCC(/C=C/C3=[N+](CC)c4ccc(C(=O)O)cc4C3(C)C)=C2Cl)C(C)(C)c2cc(C(=O)O)ccc21. The van der Waals surface area contributed by atoms with E-state index in [0.29, 0.717) is 11.1 Å². The minimum atomic E-state index is -0.922. The number of nitrogens with zero attached hydrogens (tertiary/aromatic N) is 2. The lowest BCUT2D eigenvalue weighted by molar-refractivity contribution is -0.433. The molecular formula is C35H38ClN2O4+. The number of carboxylic acids is 2. The van der Waals surface area contributed by atoms with Gasteiger partial charge in [-0.25, -0.2) is 9.59 Å². The molecule has 218 valence electrons. The van der Waals surface area contributed by atoms with Crippen molar-refractivity contribution < 1.29 is 24.4 Å². The molecule has 0 bridgehead atoms. The Bertz CT molecular complexity index is 1670. The van der Waals surface area contributed by atoms with Crippen LogP contribution in [0, 0.1) is 0 Å². The first-order valence-electron chi connectivity index (χ1n) is 14.5. The highest BCUT2D eigenvalue weighted by molar-refractivity contribution is 6.33. The molecule has 42 heavy (non-hydrogen) atoms. The predicted molar refractivity (Wildman–Crippen MR) is 169 cm³/mol. The summed E-state index contributed by atoms with van der Waals surface area (Å²) in [7, 11) is 0. The van der Waals surface area contributed by atoms with Crippen molar-refractivity contribution in [2.75, 3.05) is 18.0 Å². The average Bonchev–Trinajstić information content (AvgIpc) is 3.49. The Morgan fingerprint density at radius 2 is 1.55 bits per heavy atom. The fraction of sp³-hybridized carbons (Fsp3) is 0.343. The van der Waals surface area contributed by atoms with Gasteiger partial charge in [0, 0.05) is 46.1 Å². The number of carbonyl (C=O) groups is 2. The molecule has 7 heteroatoms. The van der Waals surface area contributed by atoms with Gasteiger partial charge in [0.1, 0.15) is 6.54 Å². The van der Waals surface area contributed by atoms with Crippen molar-refractivity contribution >= 4 is 40.6 Å². The summed E-state index contributed by atoms with van der Waals surface area (Å²) in [6.07, 6.45) is 10.2. The van der Waals surface area contributed by atoms with Gasteiger partial charge in [-0.05, 0) is 93.7 Å². The number of aromatic carboxylic acids is 2. The largest absolute Gasteiger partial charge is 0.478 e. The van der Waals surface area contributed by atoms with Crippen LogP contribution < -0.4 is 4.90 Å². The Morgan fingerprint density at radius 3 is 2.17 bits per heavy atom. The van der Waals surface area contributed by atoms with E-state index < -0.39 is 11.9 Å². The van der Waals surface area contributed by atoms with Gasteiger partial charge in [-0.3, -0.25) is 0 Å². The molecule has 0 saturated heterocycles. The van der Waals surface area contributed by atoms with Gasteiger partial charge in [-0.15, -0.1) is 0 Å². The summed E-state index contributed by atoms with van der Waals surface area (Å²) >= 11 is 6.95. The third-order valence-corrected chi connectivity index (χ3v) is 9.51. The first-order chi connectivity index (χ1) is 19.8. The molecule has 6 nitrogen and oxygen atoms in total. The van der Waals surface area contributed by atoms with Gasteiger partial charge < -0.3 is 15.1 Å². The van der Waals surface area contributed by atoms with Crippen LogP contribution in [-0.4, -0.2) is 45.5 Å². The van der Waals surface area contributed by atoms with Crippen molar-refractivity contribution in [1.82, 2.24) is 0 Å². The summed E-state index contributed by atoms with van der Waals surface area (Å²) in [4.78, 5) is 25.5. The molecule has 0 aromatic heterocycles. The second-order valence-corrected chi connectivity index (χ2v) is 12.5. The standard InChI is InChI=1S/C35H37ClN2O4/c1-7-37-27-15-11-23(32(39)40)19-25(27)34(3,4)29(37)17-13-21-9-10-22(31(21)36)14-18-30-35(5,6)26-20-24(33(41)42)12-16-28(26)38(30)8-2/h11-20H,7-10H2,1-6H3,(H-,39,40,41,42)/p+1. The fourth-order valence-electron chi connectivity index (χ4n) is 6.67. The van der Waals surface area contributed by atoms with Crippen LogP contribution in [0.2, 0.25) is 0 Å². The molecule has 2 heterocycles. The Hall–Kier alpha value is -3.90. The number of hydrogen-bond acceptors (Lipinski definition) is 3. The van der Waals surface area contributed by atoms with Gasteiger partial charge in [-0.2, -0.15) is 4.58 Å². The van der Waals surface area contributed by atoms with Crippen molar-refractivity contribution in [3.63, 3.8) is 0 Å². The molecule has 2 N–H and O–H groups in total. The molecule has 3 aliphatic rings. The highest BCUT2D eigenvalue weighted by Crippen LogP contribution is 2.48. The smallest absolute Gasteiger partial charge is 0.335 e. The first kappa shape index (κ1) is 29.6. The van der Waals surface area contributed by atoms with E-state index in [-0.39, 0.29) is 10.8 Å². The van der Waals surface area contributed by atoms with E-state index in [0.717, 1.165) is 76.0 Å². The summed E-state index contributed by atoms with van der Waals surface area (Å²) in [6.45, 7) is 14.3. The monoisotopic (exact) mass is 585 g/mol. The number of hydrogen-bond donors (Lipinski definition) is 2. The summed E-state index contributed by atoms with van der Waals surface area (Å²) in [5.74, 6) is -1.84. The van der Waals surface area contributed by atoms with Crippen LogP contribution in [0.3, 0.4) is 0 Å². The summed E-state index contributed by atoms with van der Waals surface area (Å²) in [5.41, 5.74) is 8.39. The number of rotatable bonds is 7. The lowest BCUT2D eigenvalue weighted by Crippen LogP contribution is -2.27. The number of anilines is 1. The molecule has 0 atom stereocenters. The fourth-order valence-corrected chi connectivity index (χ4v) is 6.98.